The zero-order chi connectivity index (χ0) is 17.7. The molecule has 1 aliphatic rings. The van der Waals surface area contributed by atoms with E-state index in [0.717, 1.165) is 31.2 Å². The van der Waals surface area contributed by atoms with E-state index >= 15 is 0 Å². The maximum atomic E-state index is 13.5. The van der Waals surface area contributed by atoms with Crippen LogP contribution in [0.2, 0.25) is 0 Å². The average molecular weight is 337 g/mol. The van der Waals surface area contributed by atoms with Gasteiger partial charge in [0.2, 0.25) is 0 Å². The van der Waals surface area contributed by atoms with Crippen LogP contribution in [0.3, 0.4) is 0 Å². The predicted octanol–water partition coefficient (Wildman–Crippen LogP) is 4.56. The van der Waals surface area contributed by atoms with E-state index in [1.807, 2.05) is 20.8 Å². The van der Waals surface area contributed by atoms with E-state index < -0.39 is 5.60 Å². The lowest BCUT2D eigenvalue weighted by Gasteiger charge is -2.28. The third-order valence-corrected chi connectivity index (χ3v) is 3.98. The molecule has 0 unspecified atom stereocenters. The minimum Gasteiger partial charge on any atom is -0.491 e. The lowest BCUT2D eigenvalue weighted by atomic mass is 10.1. The summed E-state index contributed by atoms with van der Waals surface area (Å²) in [6.07, 6.45) is 3.31. The highest BCUT2D eigenvalue weighted by Gasteiger charge is 2.32. The van der Waals surface area contributed by atoms with E-state index in [1.165, 1.54) is 12.1 Å². The van der Waals surface area contributed by atoms with Crippen LogP contribution in [0, 0.1) is 5.82 Å². The van der Waals surface area contributed by atoms with Crippen molar-refractivity contribution in [1.82, 2.24) is 4.90 Å². The molecule has 0 saturated carbocycles. The second-order valence-corrected chi connectivity index (χ2v) is 7.28. The lowest BCUT2D eigenvalue weighted by molar-refractivity contribution is 0.0187. The van der Waals surface area contributed by atoms with Crippen LogP contribution in [0.4, 0.5) is 9.18 Å². The summed E-state index contributed by atoms with van der Waals surface area (Å²) < 4.78 is 24.8. The van der Waals surface area contributed by atoms with Crippen molar-refractivity contribution in [3.8, 4) is 5.75 Å². The van der Waals surface area contributed by atoms with Crippen LogP contribution in [0.1, 0.15) is 52.5 Å². The van der Waals surface area contributed by atoms with Gasteiger partial charge in [-0.2, -0.15) is 0 Å². The minimum atomic E-state index is -0.512. The van der Waals surface area contributed by atoms with Gasteiger partial charge in [0.15, 0.2) is 0 Å². The maximum Gasteiger partial charge on any atom is 0.410 e. The van der Waals surface area contributed by atoms with Crippen LogP contribution in [-0.4, -0.2) is 35.8 Å². The SMILES string of the molecule is CCCc1ccc(F)cc1OC[C@H]1CCCN1C(=O)OC(C)(C)C. The molecule has 0 radical (unpaired) electrons. The highest BCUT2D eigenvalue weighted by molar-refractivity contribution is 5.69. The normalized spacial score (nSPS) is 17.9. The van der Waals surface area contributed by atoms with Crippen molar-refractivity contribution in [1.29, 1.82) is 0 Å². The standard InChI is InChI=1S/C19H28FNO3/c1-5-7-14-9-10-15(20)12-17(14)23-13-16-8-6-11-21(16)18(22)24-19(2,3)4/h9-10,12,16H,5-8,11,13H2,1-4H3/t16-/m1/s1. The molecular weight excluding hydrogens is 309 g/mol. The van der Waals surface area contributed by atoms with Gasteiger partial charge in [-0.25, -0.2) is 9.18 Å². The number of nitrogens with zero attached hydrogens (tertiary/aromatic N) is 1. The van der Waals surface area contributed by atoms with Gasteiger partial charge in [0.25, 0.3) is 0 Å². The van der Waals surface area contributed by atoms with Crippen molar-refractivity contribution < 1.29 is 18.7 Å². The van der Waals surface area contributed by atoms with E-state index in [-0.39, 0.29) is 18.0 Å². The number of ether oxygens (including phenoxy) is 2. The molecule has 0 bridgehead atoms. The fraction of sp³-hybridized carbons (Fsp3) is 0.632. The van der Waals surface area contributed by atoms with Crippen molar-refractivity contribution in [3.63, 3.8) is 0 Å². The molecule has 24 heavy (non-hydrogen) atoms. The molecule has 2 rings (SSSR count). The fourth-order valence-electron chi connectivity index (χ4n) is 2.89. The molecule has 0 N–H and O–H groups in total. The van der Waals surface area contributed by atoms with Crippen LogP contribution in [0.25, 0.3) is 0 Å². The van der Waals surface area contributed by atoms with Gasteiger partial charge in [-0.1, -0.05) is 19.4 Å². The molecule has 1 atom stereocenters. The van der Waals surface area contributed by atoms with Gasteiger partial charge in [0.1, 0.15) is 23.8 Å². The van der Waals surface area contributed by atoms with Crippen molar-refractivity contribution in [2.75, 3.05) is 13.2 Å². The zero-order valence-electron chi connectivity index (χ0n) is 15.1. The number of amides is 1. The highest BCUT2D eigenvalue weighted by Crippen LogP contribution is 2.25. The van der Waals surface area contributed by atoms with Crippen molar-refractivity contribution >= 4 is 6.09 Å². The molecule has 0 spiro atoms. The number of aryl methyl sites for hydroxylation is 1. The first-order valence-electron chi connectivity index (χ1n) is 8.71. The Bertz CT molecular complexity index is 568. The Labute approximate surface area is 143 Å². The number of likely N-dealkylation sites (tertiary alicyclic amines) is 1. The smallest absolute Gasteiger partial charge is 0.410 e. The Kier molecular flexibility index (Phi) is 6.08. The molecule has 5 heteroatoms. The monoisotopic (exact) mass is 337 g/mol. The van der Waals surface area contributed by atoms with Gasteiger partial charge in [0.05, 0.1) is 6.04 Å². The van der Waals surface area contributed by atoms with Gasteiger partial charge >= 0.3 is 6.09 Å². The number of carbonyl (C=O) groups is 1. The van der Waals surface area contributed by atoms with Crippen molar-refractivity contribution in [2.24, 2.45) is 0 Å². The molecule has 1 aromatic carbocycles. The van der Waals surface area contributed by atoms with Gasteiger partial charge in [-0.05, 0) is 51.7 Å². The Morgan fingerprint density at radius 3 is 2.79 bits per heavy atom. The molecule has 134 valence electrons. The van der Waals surface area contributed by atoms with E-state index in [9.17, 15) is 9.18 Å². The average Bonchev–Trinajstić information content (AvgIpc) is 2.94. The molecule has 1 saturated heterocycles. The fourth-order valence-corrected chi connectivity index (χ4v) is 2.89. The third kappa shape index (κ3) is 5.11. The number of carbonyl (C=O) groups excluding carboxylic acids is 1. The van der Waals surface area contributed by atoms with Gasteiger partial charge in [0, 0.05) is 12.6 Å². The summed E-state index contributed by atoms with van der Waals surface area (Å²) in [5.41, 5.74) is 0.489. The lowest BCUT2D eigenvalue weighted by Crippen LogP contribution is -2.42. The summed E-state index contributed by atoms with van der Waals surface area (Å²) in [5.74, 6) is 0.271. The van der Waals surface area contributed by atoms with Crippen LogP contribution < -0.4 is 4.74 Å². The first-order chi connectivity index (χ1) is 11.3. The van der Waals surface area contributed by atoms with Crippen LogP contribution in [-0.2, 0) is 11.2 Å². The Hall–Kier alpha value is -1.78. The maximum absolute atomic E-state index is 13.5. The summed E-state index contributed by atoms with van der Waals surface area (Å²) in [5, 5.41) is 0. The topological polar surface area (TPSA) is 38.8 Å². The Morgan fingerprint density at radius 1 is 1.38 bits per heavy atom. The van der Waals surface area contributed by atoms with Crippen LogP contribution >= 0.6 is 0 Å². The van der Waals surface area contributed by atoms with E-state index in [1.54, 1.807) is 11.0 Å². The number of rotatable bonds is 5. The van der Waals surface area contributed by atoms with Crippen molar-refractivity contribution in [3.05, 3.63) is 29.6 Å². The molecule has 1 heterocycles. The second-order valence-electron chi connectivity index (χ2n) is 7.28. The number of hydrogen-bond donors (Lipinski definition) is 0. The Balaban J connectivity index is 2.00. The molecular formula is C19H28FNO3. The van der Waals surface area contributed by atoms with Gasteiger partial charge < -0.3 is 14.4 Å². The summed E-state index contributed by atoms with van der Waals surface area (Å²) in [4.78, 5) is 14.0. The van der Waals surface area contributed by atoms with Crippen LogP contribution in [0.15, 0.2) is 18.2 Å². The molecule has 0 aliphatic carbocycles. The quantitative estimate of drug-likeness (QED) is 0.791. The van der Waals surface area contributed by atoms with Gasteiger partial charge in [-0.3, -0.25) is 0 Å². The first kappa shape index (κ1) is 18.6. The Morgan fingerprint density at radius 2 is 2.12 bits per heavy atom. The largest absolute Gasteiger partial charge is 0.491 e. The number of hydrogen-bond acceptors (Lipinski definition) is 3. The molecule has 0 aromatic heterocycles. The van der Waals surface area contributed by atoms with E-state index in [4.69, 9.17) is 9.47 Å². The summed E-state index contributed by atoms with van der Waals surface area (Å²) in [6.45, 7) is 8.68. The predicted molar refractivity (Wildman–Crippen MR) is 91.9 cm³/mol. The molecule has 4 nitrogen and oxygen atoms in total. The highest BCUT2D eigenvalue weighted by atomic mass is 19.1. The van der Waals surface area contributed by atoms with E-state index in [0.29, 0.717) is 18.9 Å². The summed E-state index contributed by atoms with van der Waals surface area (Å²) in [7, 11) is 0. The second kappa shape index (κ2) is 7.86. The molecule has 1 aromatic rings. The van der Waals surface area contributed by atoms with Crippen molar-refractivity contribution in [2.45, 2.75) is 65.0 Å². The van der Waals surface area contributed by atoms with Crippen LogP contribution in [0.5, 0.6) is 5.75 Å². The minimum absolute atomic E-state index is 0.0300. The zero-order valence-corrected chi connectivity index (χ0v) is 15.1. The van der Waals surface area contributed by atoms with Gasteiger partial charge in [-0.15, -0.1) is 0 Å². The number of benzene rings is 1. The summed E-state index contributed by atoms with van der Waals surface area (Å²) in [6, 6.07) is 4.63. The summed E-state index contributed by atoms with van der Waals surface area (Å²) >= 11 is 0. The third-order valence-electron chi connectivity index (χ3n) is 3.98. The molecule has 1 fully saturated rings. The molecule has 1 aliphatic heterocycles. The first-order valence-corrected chi connectivity index (χ1v) is 8.71. The number of halogens is 1. The van der Waals surface area contributed by atoms with E-state index in [2.05, 4.69) is 6.92 Å². The molecule has 1 amide bonds.